The van der Waals surface area contributed by atoms with E-state index in [1.165, 1.54) is 4.90 Å². The van der Waals surface area contributed by atoms with E-state index in [0.29, 0.717) is 49.5 Å². The van der Waals surface area contributed by atoms with Gasteiger partial charge >= 0.3 is 6.09 Å². The molecular formula is C53H73N10O14S2-. The summed E-state index contributed by atoms with van der Waals surface area (Å²) in [6.07, 6.45) is 2.33. The molecule has 0 radical (unpaired) electrons. The lowest BCUT2D eigenvalue weighted by molar-refractivity contribution is -0.144. The Balaban J connectivity index is 0.858. The maximum Gasteiger partial charge on any atom is 0.408 e. The van der Waals surface area contributed by atoms with Gasteiger partial charge in [0.1, 0.15) is 59.5 Å². The Morgan fingerprint density at radius 1 is 0.975 bits per heavy atom. The van der Waals surface area contributed by atoms with E-state index in [2.05, 4.69) is 41.9 Å². The van der Waals surface area contributed by atoms with Crippen LogP contribution in [0.25, 0.3) is 10.4 Å². The normalized spacial score (nSPS) is 18.1. The van der Waals surface area contributed by atoms with Gasteiger partial charge in [-0.2, -0.15) is 0 Å². The van der Waals surface area contributed by atoms with Crippen molar-refractivity contribution in [3.05, 3.63) is 82.8 Å². The number of carbonyl (C=O) groups is 6. The van der Waals surface area contributed by atoms with Gasteiger partial charge in [-0.15, -0.1) is 16.4 Å². The average Bonchev–Trinajstić information content (AvgIpc) is 4.28. The molecule has 4 aromatic rings. The Morgan fingerprint density at radius 2 is 1.70 bits per heavy atom. The summed E-state index contributed by atoms with van der Waals surface area (Å²) < 4.78 is 53.7. The van der Waals surface area contributed by atoms with Gasteiger partial charge in [0.05, 0.1) is 34.4 Å². The summed E-state index contributed by atoms with van der Waals surface area (Å²) in [7, 11) is -5.26. The second-order valence-electron chi connectivity index (χ2n) is 21.4. The second kappa shape index (κ2) is 28.5. The Morgan fingerprint density at radius 3 is 2.34 bits per heavy atom. The number of unbranched alkanes of at least 4 members (excludes halogenated alkanes) is 2. The number of aromatic nitrogens is 4. The summed E-state index contributed by atoms with van der Waals surface area (Å²) in [6.45, 7) is 12.1. The van der Waals surface area contributed by atoms with Crippen LogP contribution < -0.4 is 31.3 Å². The molecule has 2 aliphatic heterocycles. The number of rotatable bonds is 28. The molecule has 26 heteroatoms. The van der Waals surface area contributed by atoms with Gasteiger partial charge in [-0.3, -0.25) is 28.7 Å². The number of benzene rings is 2. The first-order valence-electron chi connectivity index (χ1n) is 26.3. The molecule has 2 fully saturated rings. The maximum absolute atomic E-state index is 14.0. The second-order valence-corrected chi connectivity index (χ2v) is 23.7. The van der Waals surface area contributed by atoms with Crippen molar-refractivity contribution in [2.75, 3.05) is 26.3 Å². The average molecular weight is 1140 g/mol. The van der Waals surface area contributed by atoms with Gasteiger partial charge in [-0.05, 0) is 85.6 Å². The fourth-order valence-electron chi connectivity index (χ4n) is 9.10. The van der Waals surface area contributed by atoms with Crippen molar-refractivity contribution < 1.29 is 66.2 Å². The van der Waals surface area contributed by atoms with Gasteiger partial charge < -0.3 is 60.5 Å². The van der Waals surface area contributed by atoms with Crippen molar-refractivity contribution in [3.8, 4) is 16.2 Å². The molecule has 7 atom stereocenters. The fraction of sp³-hybridized carbons (Fsp3) is 0.566. The highest BCUT2D eigenvalue weighted by Gasteiger charge is 2.44. The van der Waals surface area contributed by atoms with Crippen LogP contribution in [0, 0.1) is 24.2 Å². The first-order valence-corrected chi connectivity index (χ1v) is 28.7. The number of carbonyl (C=O) groups excluding carboxylic acids is 6. The lowest BCUT2D eigenvalue weighted by Crippen LogP contribution is -2.58. The lowest BCUT2D eigenvalue weighted by Gasteiger charge is -2.35. The molecule has 0 saturated carbocycles. The number of hydrogen-bond donors (Lipinski definition) is 7. The van der Waals surface area contributed by atoms with E-state index in [1.807, 2.05) is 52.0 Å². The number of alkyl carbamates (subject to hydrolysis) is 1. The lowest BCUT2D eigenvalue weighted by atomic mass is 9.85. The third kappa shape index (κ3) is 18.8. The molecule has 4 heterocycles. The Labute approximate surface area is 463 Å². The monoisotopic (exact) mass is 1140 g/mol. The molecule has 2 aliphatic rings. The third-order valence-corrected chi connectivity index (χ3v) is 15.3. The predicted molar refractivity (Wildman–Crippen MR) is 287 cm³/mol. The Kier molecular flexibility index (Phi) is 22.3. The minimum absolute atomic E-state index is 0.0355. The van der Waals surface area contributed by atoms with Gasteiger partial charge in [0, 0.05) is 45.1 Å². The SMILES string of the molecule is Cc1ncsc1-c1ccc(CNC(=O)[C@@H]2C[C@@H](O)CN2C(=O)[C@@H](NC(=O)COCCCCCn2cc(COc3ccc(COC(=O)N[C@@H](CC(C)C)C(=O)N[C@@H](C[C@@H]4CCNC4=O)C(O)S(=O)(=O)[O-])cc3)nn2)C(C)(C)C)cc1. The molecule has 1 unspecified atom stereocenters. The summed E-state index contributed by atoms with van der Waals surface area (Å²) in [6, 6.07) is 9.83. The van der Waals surface area contributed by atoms with E-state index < -0.39 is 86.9 Å². The molecule has 0 bridgehead atoms. The summed E-state index contributed by atoms with van der Waals surface area (Å²) in [5, 5.41) is 42.4. The van der Waals surface area contributed by atoms with Gasteiger partial charge in [0.15, 0.2) is 5.44 Å². The zero-order chi connectivity index (χ0) is 57.4. The number of amides is 6. The van der Waals surface area contributed by atoms with E-state index >= 15 is 0 Å². The van der Waals surface area contributed by atoms with Crippen molar-refractivity contribution in [1.82, 2.24) is 51.5 Å². The first-order chi connectivity index (χ1) is 37.4. The van der Waals surface area contributed by atoms with E-state index in [9.17, 15) is 52.0 Å². The summed E-state index contributed by atoms with van der Waals surface area (Å²) in [5.41, 5.74) is 2.61. The standard InChI is InChI=1S/C53H74N10O14S2/c1-32(2)22-41(48(67)57-42(51(70)79(72,73)74)23-37-18-19-54-47(37)66)58-52(71)77-28-35-12-16-40(17-13-35)76-29-38-26-62(61-60-38)20-8-7-9-21-75-30-44(65)59-46(53(4,5)6)50(69)63-27-39(64)24-43(63)49(68)55-25-34-10-14-36(15-11-34)45-33(3)56-31-78-45/h10-17,26,31-32,37,39,41-43,46,51,64,70H,7-9,18-25,27-30H2,1-6H3,(H,54,66)(H,55,68)(H,57,67)(H,58,71)(H,59,65)(H,72,73,74)/p-1/t37-,39+,41-,42-,43-,46+,51?/m0/s1. The smallest absolute Gasteiger partial charge is 0.408 e. The number of aliphatic hydroxyl groups excluding tert-OH is 2. The highest BCUT2D eigenvalue weighted by Crippen LogP contribution is 2.29. The minimum Gasteiger partial charge on any atom is -0.746 e. The molecule has 6 rings (SSSR count). The summed E-state index contributed by atoms with van der Waals surface area (Å²) in [4.78, 5) is 85.6. The number of likely N-dealkylation sites (tertiary alicyclic amines) is 1. The van der Waals surface area contributed by atoms with E-state index in [-0.39, 0.29) is 64.0 Å². The van der Waals surface area contributed by atoms with E-state index in [4.69, 9.17) is 14.2 Å². The maximum atomic E-state index is 14.0. The van der Waals surface area contributed by atoms with Gasteiger partial charge in [0.2, 0.25) is 29.5 Å². The van der Waals surface area contributed by atoms with Crippen LogP contribution in [-0.4, -0.2) is 146 Å². The molecule has 2 aromatic heterocycles. The van der Waals surface area contributed by atoms with Crippen molar-refractivity contribution >= 4 is 57.1 Å². The highest BCUT2D eigenvalue weighted by atomic mass is 32.2. The first kappa shape index (κ1) is 61.6. The molecule has 0 aliphatic carbocycles. The van der Waals surface area contributed by atoms with Gasteiger partial charge in [0.25, 0.3) is 0 Å². The minimum atomic E-state index is -5.26. The molecule has 432 valence electrons. The quantitative estimate of drug-likeness (QED) is 0.0318. The number of thiazole rings is 1. The number of ether oxygens (including phenoxy) is 3. The van der Waals surface area contributed by atoms with Gasteiger partial charge in [-0.25, -0.2) is 18.2 Å². The van der Waals surface area contributed by atoms with E-state index in [1.54, 1.807) is 65.8 Å². The summed E-state index contributed by atoms with van der Waals surface area (Å²) >= 11 is 1.56. The zero-order valence-electron chi connectivity index (χ0n) is 45.3. The molecule has 6 amide bonds. The third-order valence-electron chi connectivity index (χ3n) is 13.4. The number of aryl methyl sites for hydroxylation is 2. The topological polar surface area (TPSA) is 335 Å². The molecule has 79 heavy (non-hydrogen) atoms. The molecule has 7 N–H and O–H groups in total. The fourth-order valence-corrected chi connectivity index (χ4v) is 10.5. The molecule has 0 spiro atoms. The van der Waals surface area contributed by atoms with Crippen LogP contribution in [0.1, 0.15) is 102 Å². The van der Waals surface area contributed by atoms with Gasteiger partial charge in [-0.1, -0.05) is 76.2 Å². The number of nitrogens with zero attached hydrogens (tertiary/aromatic N) is 5. The van der Waals surface area contributed by atoms with Crippen LogP contribution in [-0.2, 0) is 69.9 Å². The van der Waals surface area contributed by atoms with Crippen LogP contribution in [0.15, 0.2) is 60.2 Å². The van der Waals surface area contributed by atoms with Crippen LogP contribution in [0.5, 0.6) is 5.75 Å². The van der Waals surface area contributed by atoms with Crippen LogP contribution in [0.4, 0.5) is 4.79 Å². The molecular weight excluding hydrogens is 1060 g/mol. The zero-order valence-corrected chi connectivity index (χ0v) is 47.0. The number of hydrogen-bond acceptors (Lipinski definition) is 18. The summed E-state index contributed by atoms with van der Waals surface area (Å²) in [5.74, 6) is -2.92. The predicted octanol–water partition coefficient (Wildman–Crippen LogP) is 2.80. The van der Waals surface area contributed by atoms with Crippen molar-refractivity contribution in [2.45, 2.75) is 148 Å². The number of aliphatic hydroxyl groups is 2. The van der Waals surface area contributed by atoms with Crippen LogP contribution in [0.3, 0.4) is 0 Å². The van der Waals surface area contributed by atoms with Crippen LogP contribution >= 0.6 is 11.3 Å². The largest absolute Gasteiger partial charge is 0.746 e. The molecule has 2 saturated heterocycles. The van der Waals surface area contributed by atoms with Crippen molar-refractivity contribution in [2.24, 2.45) is 17.3 Å². The van der Waals surface area contributed by atoms with Crippen LogP contribution in [0.2, 0.25) is 0 Å². The van der Waals surface area contributed by atoms with E-state index in [0.717, 1.165) is 34.5 Å². The molecule has 24 nitrogen and oxygen atoms in total. The number of nitrogens with one attached hydrogen (secondary N) is 5. The number of β-amino-alcohol motifs (C(OH)–C–C–N with tert-alkyl or cyclic N) is 1. The highest BCUT2D eigenvalue weighted by molar-refractivity contribution is 7.86. The Hall–Kier alpha value is -6.58. The van der Waals surface area contributed by atoms with Crippen molar-refractivity contribution in [1.29, 1.82) is 0 Å². The van der Waals surface area contributed by atoms with Crippen molar-refractivity contribution in [3.63, 3.8) is 0 Å². The molecule has 2 aromatic carbocycles. The Bertz CT molecular complexity index is 2800.